The molecule has 0 fully saturated rings. The quantitative estimate of drug-likeness (QED) is 0.483. The molecule has 2 N–H and O–H groups in total. The first-order valence-electron chi connectivity index (χ1n) is 9.33. The summed E-state index contributed by atoms with van der Waals surface area (Å²) in [5.41, 5.74) is 7.43. The molecule has 31 heavy (non-hydrogen) atoms. The standard InChI is InChI=1S/C22H14N6O3/c23-11-16-19(13-6-2-1-3-7-13)25-28(20(16)24)18(29)12-27-22(30)15-10-14-8-4-5-9-17(14)31-21(15)26-27/h1-10H,12,24H2. The SMILES string of the molecule is N#Cc1c(-c2ccccc2)nn(C(=O)Cn2nc3oc4ccccc4cc-3c2=O)c1N. The second-order valence-corrected chi connectivity index (χ2v) is 6.86. The number of nitrogens with zero attached hydrogens (tertiary/aromatic N) is 5. The summed E-state index contributed by atoms with van der Waals surface area (Å²) in [7, 11) is 0. The van der Waals surface area contributed by atoms with Crippen LogP contribution in [0.25, 0.3) is 33.7 Å². The van der Waals surface area contributed by atoms with E-state index in [1.807, 2.05) is 30.3 Å². The predicted octanol–water partition coefficient (Wildman–Crippen LogP) is 2.75. The third kappa shape index (κ3) is 2.94. The maximum atomic E-state index is 12.9. The zero-order chi connectivity index (χ0) is 21.5. The lowest BCUT2D eigenvalue weighted by Crippen LogP contribution is -2.27. The Morgan fingerprint density at radius 3 is 2.61 bits per heavy atom. The Bertz CT molecular complexity index is 1520. The van der Waals surface area contributed by atoms with Crippen LogP contribution < -0.4 is 11.3 Å². The molecule has 2 aliphatic heterocycles. The fraction of sp³-hybridized carbons (Fsp3) is 0.0455. The number of carbonyl (C=O) groups is 1. The molecule has 0 radical (unpaired) electrons. The maximum Gasteiger partial charge on any atom is 0.280 e. The van der Waals surface area contributed by atoms with E-state index in [0.717, 1.165) is 14.7 Å². The molecule has 0 atom stereocenters. The molecule has 3 heterocycles. The van der Waals surface area contributed by atoms with Crippen LogP contribution in [-0.4, -0.2) is 25.5 Å². The van der Waals surface area contributed by atoms with Crippen molar-refractivity contribution >= 4 is 22.7 Å². The minimum atomic E-state index is -0.606. The summed E-state index contributed by atoms with van der Waals surface area (Å²) >= 11 is 0. The fourth-order valence-corrected chi connectivity index (χ4v) is 3.42. The summed E-state index contributed by atoms with van der Waals surface area (Å²) in [5, 5.41) is 18.6. The minimum absolute atomic E-state index is 0.0915. The van der Waals surface area contributed by atoms with Crippen LogP contribution >= 0.6 is 0 Å². The molecule has 3 aromatic rings. The lowest BCUT2D eigenvalue weighted by Gasteiger charge is -2.02. The van der Waals surface area contributed by atoms with Gasteiger partial charge in [0.15, 0.2) is 0 Å². The van der Waals surface area contributed by atoms with Crippen LogP contribution in [0.4, 0.5) is 5.82 Å². The highest BCUT2D eigenvalue weighted by molar-refractivity contribution is 5.86. The molecule has 0 spiro atoms. The second-order valence-electron chi connectivity index (χ2n) is 6.86. The summed E-state index contributed by atoms with van der Waals surface area (Å²) in [4.78, 5) is 25.6. The van der Waals surface area contributed by atoms with Crippen LogP contribution in [0.1, 0.15) is 10.4 Å². The Morgan fingerprint density at radius 1 is 1.10 bits per heavy atom. The van der Waals surface area contributed by atoms with E-state index in [4.69, 9.17) is 10.2 Å². The molecule has 0 aliphatic carbocycles. The van der Waals surface area contributed by atoms with E-state index in [2.05, 4.69) is 10.2 Å². The predicted molar refractivity (Wildman–Crippen MR) is 112 cm³/mol. The smallest absolute Gasteiger partial charge is 0.280 e. The molecular weight excluding hydrogens is 396 g/mol. The van der Waals surface area contributed by atoms with Gasteiger partial charge in [-0.2, -0.15) is 15.0 Å². The highest BCUT2D eigenvalue weighted by Gasteiger charge is 2.24. The summed E-state index contributed by atoms with van der Waals surface area (Å²) < 4.78 is 7.62. The molecule has 0 saturated heterocycles. The number of hydrogen-bond acceptors (Lipinski definition) is 7. The molecule has 1 aromatic heterocycles. The largest absolute Gasteiger partial charge is 0.436 e. The first-order chi connectivity index (χ1) is 15.1. The Morgan fingerprint density at radius 2 is 1.84 bits per heavy atom. The molecule has 0 amide bonds. The van der Waals surface area contributed by atoms with Gasteiger partial charge in [-0.25, -0.2) is 4.68 Å². The van der Waals surface area contributed by atoms with Crippen molar-refractivity contribution < 1.29 is 9.21 Å². The van der Waals surface area contributed by atoms with Gasteiger partial charge in [-0.15, -0.1) is 5.10 Å². The van der Waals surface area contributed by atoms with E-state index in [9.17, 15) is 14.9 Å². The van der Waals surface area contributed by atoms with Crippen molar-refractivity contribution in [2.75, 3.05) is 5.73 Å². The van der Waals surface area contributed by atoms with E-state index < -0.39 is 18.0 Å². The van der Waals surface area contributed by atoms with Crippen LogP contribution in [0.3, 0.4) is 0 Å². The van der Waals surface area contributed by atoms with Crippen LogP contribution in [-0.2, 0) is 6.54 Å². The molecule has 2 aliphatic rings. The van der Waals surface area contributed by atoms with E-state index in [1.165, 1.54) is 0 Å². The topological polar surface area (TPSA) is 133 Å². The molecule has 9 heteroatoms. The van der Waals surface area contributed by atoms with Crippen molar-refractivity contribution in [2.45, 2.75) is 6.54 Å². The van der Waals surface area contributed by atoms with Crippen molar-refractivity contribution in [1.82, 2.24) is 19.6 Å². The normalized spacial score (nSPS) is 11.1. The van der Waals surface area contributed by atoms with Crippen molar-refractivity contribution in [1.29, 1.82) is 5.26 Å². The maximum absolute atomic E-state index is 12.9. The highest BCUT2D eigenvalue weighted by Crippen LogP contribution is 2.27. The zero-order valence-corrected chi connectivity index (χ0v) is 16.0. The highest BCUT2D eigenvalue weighted by atomic mass is 16.3. The van der Waals surface area contributed by atoms with E-state index in [-0.39, 0.29) is 22.8 Å². The van der Waals surface area contributed by atoms with Gasteiger partial charge < -0.3 is 10.2 Å². The number of nitriles is 1. The number of aromatic nitrogens is 4. The lowest BCUT2D eigenvalue weighted by molar-refractivity contribution is 0.0872. The molecule has 5 rings (SSSR count). The number of nitrogens with two attached hydrogens (primary N) is 1. The average Bonchev–Trinajstić information content (AvgIpc) is 3.29. The van der Waals surface area contributed by atoms with Gasteiger partial charge in [0.2, 0.25) is 5.89 Å². The number of fused-ring (bicyclic) bond motifs is 2. The van der Waals surface area contributed by atoms with Gasteiger partial charge in [-0.3, -0.25) is 9.59 Å². The summed E-state index contributed by atoms with van der Waals surface area (Å²) in [6.45, 7) is -0.412. The summed E-state index contributed by atoms with van der Waals surface area (Å²) in [6.07, 6.45) is 0. The van der Waals surface area contributed by atoms with Gasteiger partial charge >= 0.3 is 0 Å². The van der Waals surface area contributed by atoms with E-state index in [1.54, 1.807) is 36.4 Å². The van der Waals surface area contributed by atoms with Gasteiger partial charge in [0.1, 0.15) is 40.8 Å². The monoisotopic (exact) mass is 410 g/mol. The molecule has 0 bridgehead atoms. The molecule has 0 saturated carbocycles. The first-order valence-corrected chi connectivity index (χ1v) is 9.33. The fourth-order valence-electron chi connectivity index (χ4n) is 3.42. The van der Waals surface area contributed by atoms with E-state index in [0.29, 0.717) is 16.8 Å². The Labute approximate surface area is 174 Å². The van der Waals surface area contributed by atoms with Crippen molar-refractivity contribution in [3.63, 3.8) is 0 Å². The lowest BCUT2D eigenvalue weighted by atomic mass is 10.1. The Balaban J connectivity index is 1.55. The van der Waals surface area contributed by atoms with Crippen LogP contribution in [0.15, 0.2) is 69.9 Å². The van der Waals surface area contributed by atoms with Gasteiger partial charge in [0.05, 0.1) is 0 Å². The zero-order valence-electron chi connectivity index (χ0n) is 16.0. The van der Waals surface area contributed by atoms with Crippen LogP contribution in [0.2, 0.25) is 0 Å². The summed E-state index contributed by atoms with van der Waals surface area (Å²) in [6, 6.07) is 19.8. The van der Waals surface area contributed by atoms with E-state index >= 15 is 0 Å². The van der Waals surface area contributed by atoms with Crippen molar-refractivity contribution in [3.8, 4) is 28.8 Å². The minimum Gasteiger partial charge on any atom is -0.436 e. The molecule has 9 nitrogen and oxygen atoms in total. The Kier molecular flexibility index (Phi) is 4.12. The van der Waals surface area contributed by atoms with Crippen LogP contribution in [0.5, 0.6) is 0 Å². The molecule has 150 valence electrons. The van der Waals surface area contributed by atoms with Gasteiger partial charge in [0.25, 0.3) is 11.5 Å². The number of anilines is 1. The number of rotatable bonds is 3. The third-order valence-electron chi connectivity index (χ3n) is 4.93. The number of hydrogen-bond donors (Lipinski definition) is 1. The number of carbonyl (C=O) groups excluding carboxylic acids is 1. The first kappa shape index (κ1) is 18.3. The Hall–Kier alpha value is -4.71. The number of nitrogen functional groups attached to an aromatic ring is 1. The van der Waals surface area contributed by atoms with Gasteiger partial charge in [0, 0.05) is 10.9 Å². The number of benzene rings is 2. The second kappa shape index (κ2) is 6.96. The average molecular weight is 410 g/mol. The number of para-hydroxylation sites is 1. The van der Waals surface area contributed by atoms with Gasteiger partial charge in [-0.1, -0.05) is 48.5 Å². The van der Waals surface area contributed by atoms with Gasteiger partial charge in [-0.05, 0) is 12.1 Å². The third-order valence-corrected chi connectivity index (χ3v) is 4.93. The summed E-state index contributed by atoms with van der Waals surface area (Å²) in [5.74, 6) is -0.566. The van der Waals surface area contributed by atoms with Crippen molar-refractivity contribution in [3.05, 3.63) is 76.6 Å². The van der Waals surface area contributed by atoms with Crippen LogP contribution in [0, 0.1) is 11.3 Å². The molecule has 0 unspecified atom stereocenters. The molecule has 2 aromatic carbocycles. The molecular formula is C22H14N6O3. The van der Waals surface area contributed by atoms with Crippen molar-refractivity contribution in [2.24, 2.45) is 0 Å².